The van der Waals surface area contributed by atoms with E-state index >= 15 is 0 Å². The van der Waals surface area contributed by atoms with E-state index in [-0.39, 0.29) is 25.7 Å². The van der Waals surface area contributed by atoms with E-state index in [0.717, 1.165) is 135 Å². The third-order valence-electron chi connectivity index (χ3n) is 16.5. The minimum absolute atomic E-state index is 0.0672. The van der Waals surface area contributed by atoms with Crippen LogP contribution in [0.1, 0.15) is 336 Å². The minimum Gasteiger partial charge on any atom is -0.462 e. The first-order valence-corrected chi connectivity index (χ1v) is 42.5. The molecule has 0 aromatic carbocycles. The Bertz CT molecular complexity index is 2270. The van der Waals surface area contributed by atoms with Crippen LogP contribution in [-0.4, -0.2) is 96.7 Å². The lowest BCUT2D eigenvalue weighted by atomic mass is 10.0. The van der Waals surface area contributed by atoms with Crippen molar-refractivity contribution < 1.29 is 80.2 Å². The Labute approximate surface area is 607 Å². The molecule has 17 nitrogen and oxygen atoms in total. The number of esters is 4. The number of hydrogen-bond donors (Lipinski definition) is 3. The second-order valence-corrected chi connectivity index (χ2v) is 29.2. The summed E-state index contributed by atoms with van der Waals surface area (Å²) in [6.07, 6.45) is 76.8. The summed E-state index contributed by atoms with van der Waals surface area (Å²) in [5.41, 5.74) is 0. The first-order valence-electron chi connectivity index (χ1n) is 39.5. The largest absolute Gasteiger partial charge is 0.472 e. The number of hydrogen-bond acceptors (Lipinski definition) is 15. The second-order valence-electron chi connectivity index (χ2n) is 26.3. The molecule has 2 unspecified atom stereocenters. The Morgan fingerprint density at radius 3 is 0.810 bits per heavy atom. The molecule has 0 radical (unpaired) electrons. The zero-order valence-electron chi connectivity index (χ0n) is 63.1. The molecule has 0 spiro atoms. The topological polar surface area (TPSA) is 237 Å². The molecule has 0 aromatic rings. The molecular formula is C81H142O17P2. The summed E-state index contributed by atoms with van der Waals surface area (Å²) in [6, 6.07) is 0. The summed E-state index contributed by atoms with van der Waals surface area (Å²) in [7, 11) is -9.97. The summed E-state index contributed by atoms with van der Waals surface area (Å²) < 4.78 is 68.5. The van der Waals surface area contributed by atoms with Gasteiger partial charge in [0.2, 0.25) is 0 Å². The SMILES string of the molecule is CCCCC/C=C\C/C=C\C/C=C\C/C=C\CCCC(=O)OC[C@H](COP(=O)(O)OC[C@H](O)COP(=O)(O)OC[C@@H](COC(=O)CCCCCCCCCCCCCCC)OC(=O)CCCCCCC/C=C\C/C=C\CCCCC)OC(=O)CCCCCCC/C=C\C/C=C\CCCCC. The molecule has 0 aromatic heterocycles. The van der Waals surface area contributed by atoms with Crippen LogP contribution in [0.4, 0.5) is 0 Å². The van der Waals surface area contributed by atoms with Crippen molar-refractivity contribution in [2.75, 3.05) is 39.6 Å². The Morgan fingerprint density at radius 1 is 0.280 bits per heavy atom. The van der Waals surface area contributed by atoms with Crippen molar-refractivity contribution in [3.05, 3.63) is 97.2 Å². The van der Waals surface area contributed by atoms with Gasteiger partial charge in [0.1, 0.15) is 19.3 Å². The highest BCUT2D eigenvalue weighted by molar-refractivity contribution is 7.47. The normalized spacial score (nSPS) is 14.4. The summed E-state index contributed by atoms with van der Waals surface area (Å²) >= 11 is 0. The molecule has 0 aliphatic rings. The highest BCUT2D eigenvalue weighted by atomic mass is 31.2. The molecule has 0 aliphatic carbocycles. The van der Waals surface area contributed by atoms with Gasteiger partial charge in [-0.25, -0.2) is 9.13 Å². The van der Waals surface area contributed by atoms with Gasteiger partial charge in [0, 0.05) is 25.7 Å². The monoisotopic (exact) mass is 1450 g/mol. The maximum atomic E-state index is 13.1. The minimum atomic E-state index is -4.99. The van der Waals surface area contributed by atoms with E-state index in [1.807, 2.05) is 12.2 Å². The van der Waals surface area contributed by atoms with Gasteiger partial charge in [-0.1, -0.05) is 279 Å². The second kappa shape index (κ2) is 73.3. The van der Waals surface area contributed by atoms with Gasteiger partial charge in [0.25, 0.3) is 0 Å². The fourth-order valence-electron chi connectivity index (χ4n) is 10.4. The van der Waals surface area contributed by atoms with Crippen LogP contribution in [0.2, 0.25) is 0 Å². The van der Waals surface area contributed by atoms with Crippen molar-refractivity contribution in [3.8, 4) is 0 Å². The molecular weight excluding hydrogens is 1310 g/mol. The van der Waals surface area contributed by atoms with Gasteiger partial charge in [-0.3, -0.25) is 37.3 Å². The summed E-state index contributed by atoms with van der Waals surface area (Å²) in [4.78, 5) is 72.9. The zero-order chi connectivity index (χ0) is 73.2. The lowest BCUT2D eigenvalue weighted by Gasteiger charge is -2.21. The van der Waals surface area contributed by atoms with Crippen LogP contribution in [0.5, 0.6) is 0 Å². The van der Waals surface area contributed by atoms with Crippen LogP contribution >= 0.6 is 15.6 Å². The maximum absolute atomic E-state index is 13.1. The number of unbranched alkanes of at least 4 members (excludes halogenated alkanes) is 32. The van der Waals surface area contributed by atoms with Crippen molar-refractivity contribution in [3.63, 3.8) is 0 Å². The van der Waals surface area contributed by atoms with E-state index in [0.29, 0.717) is 32.1 Å². The van der Waals surface area contributed by atoms with E-state index in [2.05, 4.69) is 113 Å². The van der Waals surface area contributed by atoms with E-state index < -0.39 is 97.5 Å². The number of phosphoric acid groups is 2. The van der Waals surface area contributed by atoms with Gasteiger partial charge in [-0.15, -0.1) is 0 Å². The van der Waals surface area contributed by atoms with Gasteiger partial charge >= 0.3 is 39.5 Å². The zero-order valence-corrected chi connectivity index (χ0v) is 64.9. The first-order chi connectivity index (χ1) is 48.7. The first kappa shape index (κ1) is 96.0. The van der Waals surface area contributed by atoms with E-state index in [1.165, 1.54) is 116 Å². The number of carbonyl (C=O) groups is 4. The molecule has 0 rings (SSSR count). The van der Waals surface area contributed by atoms with E-state index in [9.17, 15) is 43.2 Å². The van der Waals surface area contributed by atoms with Crippen molar-refractivity contribution in [1.29, 1.82) is 0 Å². The fourth-order valence-corrected chi connectivity index (χ4v) is 12.0. The average Bonchev–Trinajstić information content (AvgIpc) is 0.945. The average molecular weight is 1450 g/mol. The van der Waals surface area contributed by atoms with Crippen molar-refractivity contribution in [1.82, 2.24) is 0 Å². The number of aliphatic hydroxyl groups excluding tert-OH is 1. The van der Waals surface area contributed by atoms with Crippen LogP contribution in [0.25, 0.3) is 0 Å². The van der Waals surface area contributed by atoms with Crippen LogP contribution in [0, 0.1) is 0 Å². The van der Waals surface area contributed by atoms with Crippen LogP contribution in [0.15, 0.2) is 97.2 Å². The number of carbonyl (C=O) groups excluding carboxylic acids is 4. The molecule has 0 saturated heterocycles. The Hall–Kier alpha value is -4.02. The quantitative estimate of drug-likeness (QED) is 0.0169. The molecule has 3 N–H and O–H groups in total. The molecule has 0 fully saturated rings. The number of allylic oxidation sites excluding steroid dienone is 16. The highest BCUT2D eigenvalue weighted by Crippen LogP contribution is 2.45. The standard InChI is InChI=1S/C81H142O17P2/c1-5-9-13-17-21-25-29-33-36-37-40-42-46-50-54-58-62-66-79(84)92-72-77(98-81(86)68-64-60-56-52-48-44-39-35-31-27-23-19-15-11-7-3)74-96-100(89,90)94-70-75(82)69-93-99(87,88)95-73-76(71-91-78(83)65-61-57-53-49-45-41-32-28-24-20-16-12-8-4)97-80(85)67-63-59-55-51-47-43-38-34-30-26-22-18-14-10-6-2/h21-23,25-27,33-36,38-40,42,50,54,75-77,82H,5-20,24,28-32,37,41,43-49,51-53,55-74H2,1-4H3,(H,87,88)(H,89,90)/b25-21-,26-22-,27-23-,36-33-,38-34-,39-35-,42-40-,54-50-/t75-,76-,77-/m1/s1. The summed E-state index contributed by atoms with van der Waals surface area (Å²) in [6.45, 7) is 4.73. The smallest absolute Gasteiger partial charge is 0.462 e. The lowest BCUT2D eigenvalue weighted by Crippen LogP contribution is -2.30. The van der Waals surface area contributed by atoms with Crippen LogP contribution in [0.3, 0.4) is 0 Å². The lowest BCUT2D eigenvalue weighted by molar-refractivity contribution is -0.161. The predicted octanol–water partition coefficient (Wildman–Crippen LogP) is 22.8. The number of rotatable bonds is 74. The van der Waals surface area contributed by atoms with E-state index in [4.69, 9.17) is 37.0 Å². The maximum Gasteiger partial charge on any atom is 0.472 e. The van der Waals surface area contributed by atoms with Gasteiger partial charge in [-0.05, 0) is 128 Å². The molecule has 0 bridgehead atoms. The van der Waals surface area contributed by atoms with Gasteiger partial charge in [0.15, 0.2) is 12.2 Å². The number of aliphatic hydroxyl groups is 1. The van der Waals surface area contributed by atoms with Gasteiger partial charge in [0.05, 0.1) is 26.4 Å². The molecule has 0 amide bonds. The summed E-state index contributed by atoms with van der Waals surface area (Å²) in [5, 5.41) is 10.6. The molecule has 0 saturated carbocycles. The Balaban J connectivity index is 5.41. The fraction of sp³-hybridized carbons (Fsp3) is 0.753. The van der Waals surface area contributed by atoms with Crippen molar-refractivity contribution >= 4 is 39.5 Å². The van der Waals surface area contributed by atoms with Crippen molar-refractivity contribution in [2.45, 2.75) is 354 Å². The predicted molar refractivity (Wildman–Crippen MR) is 409 cm³/mol. The van der Waals surface area contributed by atoms with Crippen molar-refractivity contribution in [2.24, 2.45) is 0 Å². The van der Waals surface area contributed by atoms with Gasteiger partial charge < -0.3 is 33.8 Å². The molecule has 0 aliphatic heterocycles. The van der Waals surface area contributed by atoms with Gasteiger partial charge in [-0.2, -0.15) is 0 Å². The summed E-state index contributed by atoms with van der Waals surface area (Å²) in [5.74, 6) is -2.25. The van der Waals surface area contributed by atoms with E-state index in [1.54, 1.807) is 0 Å². The highest BCUT2D eigenvalue weighted by Gasteiger charge is 2.30. The molecule has 5 atom stereocenters. The number of phosphoric ester groups is 2. The third kappa shape index (κ3) is 72.3. The molecule has 19 heteroatoms. The molecule has 0 heterocycles. The van der Waals surface area contributed by atoms with Crippen LogP contribution in [-0.2, 0) is 65.4 Å². The Morgan fingerprint density at radius 2 is 0.500 bits per heavy atom. The third-order valence-corrected chi connectivity index (χ3v) is 18.4. The number of ether oxygens (including phenoxy) is 4. The molecule has 578 valence electrons. The van der Waals surface area contributed by atoms with Crippen LogP contribution < -0.4 is 0 Å². The Kier molecular flexibility index (Phi) is 70.4. The molecule has 100 heavy (non-hydrogen) atoms.